The third kappa shape index (κ3) is 4.09. The lowest BCUT2D eigenvalue weighted by atomic mass is 9.82. The molecular weight excluding hydrogens is 255 g/mol. The summed E-state index contributed by atoms with van der Waals surface area (Å²) in [5.74, 6) is -1.17. The van der Waals surface area contributed by atoms with Gasteiger partial charge in [-0.25, -0.2) is 0 Å². The number of halogens is 3. The largest absolute Gasteiger partial charge is 0.393 e. The second-order valence-electron chi connectivity index (χ2n) is 6.50. The Kier molecular flexibility index (Phi) is 4.45. The Balaban J connectivity index is 1.96. The van der Waals surface area contributed by atoms with Crippen LogP contribution in [0.4, 0.5) is 13.2 Å². The molecule has 5 heteroatoms. The fourth-order valence-corrected chi connectivity index (χ4v) is 3.40. The van der Waals surface area contributed by atoms with Crippen molar-refractivity contribution in [2.24, 2.45) is 5.92 Å². The van der Waals surface area contributed by atoms with Crippen LogP contribution in [-0.4, -0.2) is 30.5 Å². The monoisotopic (exact) mass is 279 g/mol. The molecular formula is C14H24F3NO. The zero-order valence-corrected chi connectivity index (χ0v) is 11.7. The second-order valence-corrected chi connectivity index (χ2v) is 6.50. The molecule has 1 saturated carbocycles. The SMILES string of the molecule is CC1(C)CC(NC2CCCCC2C(F)(F)F)CCO1. The molecule has 0 amide bonds. The van der Waals surface area contributed by atoms with Crippen molar-refractivity contribution in [2.75, 3.05) is 6.61 Å². The van der Waals surface area contributed by atoms with Crippen LogP contribution in [0.25, 0.3) is 0 Å². The van der Waals surface area contributed by atoms with Gasteiger partial charge in [0, 0.05) is 18.7 Å². The minimum atomic E-state index is -4.07. The van der Waals surface area contributed by atoms with E-state index in [1.807, 2.05) is 13.8 Å². The zero-order valence-electron chi connectivity index (χ0n) is 11.7. The van der Waals surface area contributed by atoms with Crippen molar-refractivity contribution < 1.29 is 17.9 Å². The van der Waals surface area contributed by atoms with E-state index in [2.05, 4.69) is 5.32 Å². The van der Waals surface area contributed by atoms with Gasteiger partial charge in [0.2, 0.25) is 0 Å². The molecule has 0 aromatic heterocycles. The lowest BCUT2D eigenvalue weighted by Crippen LogP contribution is -2.52. The van der Waals surface area contributed by atoms with Crippen molar-refractivity contribution in [1.82, 2.24) is 5.32 Å². The first-order chi connectivity index (χ1) is 8.78. The van der Waals surface area contributed by atoms with Crippen LogP contribution in [0.3, 0.4) is 0 Å². The van der Waals surface area contributed by atoms with E-state index in [4.69, 9.17) is 4.74 Å². The van der Waals surface area contributed by atoms with E-state index in [9.17, 15) is 13.2 Å². The molecule has 2 aliphatic rings. The van der Waals surface area contributed by atoms with Gasteiger partial charge in [0.15, 0.2) is 0 Å². The van der Waals surface area contributed by atoms with E-state index in [0.29, 0.717) is 19.4 Å². The van der Waals surface area contributed by atoms with Crippen molar-refractivity contribution in [3.63, 3.8) is 0 Å². The van der Waals surface area contributed by atoms with Gasteiger partial charge in [-0.3, -0.25) is 0 Å². The van der Waals surface area contributed by atoms with Gasteiger partial charge in [-0.15, -0.1) is 0 Å². The highest BCUT2D eigenvalue weighted by atomic mass is 19.4. The first kappa shape index (κ1) is 15.1. The maximum atomic E-state index is 13.0. The molecule has 1 N–H and O–H groups in total. The maximum Gasteiger partial charge on any atom is 0.393 e. The highest BCUT2D eigenvalue weighted by molar-refractivity contribution is 4.91. The van der Waals surface area contributed by atoms with Crippen molar-refractivity contribution in [3.8, 4) is 0 Å². The molecule has 1 saturated heterocycles. The summed E-state index contributed by atoms with van der Waals surface area (Å²) in [6.45, 7) is 4.64. The van der Waals surface area contributed by atoms with Gasteiger partial charge in [-0.2, -0.15) is 13.2 Å². The number of rotatable bonds is 2. The van der Waals surface area contributed by atoms with Crippen LogP contribution in [0.2, 0.25) is 0 Å². The summed E-state index contributed by atoms with van der Waals surface area (Å²) >= 11 is 0. The molecule has 0 aromatic rings. The Bertz CT molecular complexity index is 304. The summed E-state index contributed by atoms with van der Waals surface area (Å²) in [5, 5.41) is 3.27. The van der Waals surface area contributed by atoms with Gasteiger partial charge in [-0.05, 0) is 39.5 Å². The third-order valence-corrected chi connectivity index (χ3v) is 4.33. The first-order valence-electron chi connectivity index (χ1n) is 7.25. The molecule has 0 aromatic carbocycles. The molecule has 0 bridgehead atoms. The van der Waals surface area contributed by atoms with E-state index in [0.717, 1.165) is 19.3 Å². The zero-order chi connectivity index (χ0) is 14.1. The number of ether oxygens (including phenoxy) is 1. The standard InChI is InChI=1S/C14H24F3NO/c1-13(2)9-10(7-8-19-13)18-12-6-4-3-5-11(12)14(15,16)17/h10-12,18H,3-9H2,1-2H3. The third-order valence-electron chi connectivity index (χ3n) is 4.33. The summed E-state index contributed by atoms with van der Waals surface area (Å²) in [5.41, 5.74) is -0.224. The topological polar surface area (TPSA) is 21.3 Å². The quantitative estimate of drug-likeness (QED) is 0.833. The molecule has 112 valence electrons. The Morgan fingerprint density at radius 2 is 1.79 bits per heavy atom. The lowest BCUT2D eigenvalue weighted by Gasteiger charge is -2.41. The fraction of sp³-hybridized carbons (Fsp3) is 1.00. The summed E-state index contributed by atoms with van der Waals surface area (Å²) in [4.78, 5) is 0. The molecule has 2 nitrogen and oxygen atoms in total. The molecule has 2 fully saturated rings. The highest BCUT2D eigenvalue weighted by Gasteiger charge is 2.46. The van der Waals surface area contributed by atoms with Crippen LogP contribution in [0.15, 0.2) is 0 Å². The average molecular weight is 279 g/mol. The Morgan fingerprint density at radius 1 is 1.11 bits per heavy atom. The maximum absolute atomic E-state index is 13.0. The molecule has 0 spiro atoms. The van der Waals surface area contributed by atoms with E-state index in [1.54, 1.807) is 0 Å². The van der Waals surface area contributed by atoms with Gasteiger partial charge >= 0.3 is 6.18 Å². The summed E-state index contributed by atoms with van der Waals surface area (Å²) in [6, 6.07) is -0.260. The summed E-state index contributed by atoms with van der Waals surface area (Å²) < 4.78 is 44.7. The normalized spacial score (nSPS) is 36.2. The van der Waals surface area contributed by atoms with Crippen molar-refractivity contribution in [2.45, 2.75) is 76.2 Å². The van der Waals surface area contributed by atoms with E-state index < -0.39 is 18.1 Å². The Morgan fingerprint density at radius 3 is 2.42 bits per heavy atom. The first-order valence-corrected chi connectivity index (χ1v) is 7.25. The van der Waals surface area contributed by atoms with E-state index in [1.165, 1.54) is 0 Å². The molecule has 1 aliphatic carbocycles. The average Bonchev–Trinajstić information content (AvgIpc) is 2.26. The van der Waals surface area contributed by atoms with Crippen LogP contribution < -0.4 is 5.32 Å². The van der Waals surface area contributed by atoms with Crippen molar-refractivity contribution in [1.29, 1.82) is 0 Å². The minimum Gasteiger partial charge on any atom is -0.375 e. The fourth-order valence-electron chi connectivity index (χ4n) is 3.40. The number of nitrogens with one attached hydrogen (secondary N) is 1. The van der Waals surface area contributed by atoms with Crippen molar-refractivity contribution in [3.05, 3.63) is 0 Å². The summed E-state index contributed by atoms with van der Waals surface area (Å²) in [6.07, 6.45) is 0.0333. The molecule has 3 atom stereocenters. The predicted molar refractivity (Wildman–Crippen MR) is 68.0 cm³/mol. The Labute approximate surface area is 113 Å². The van der Waals surface area contributed by atoms with Crippen LogP contribution in [0.1, 0.15) is 52.4 Å². The minimum absolute atomic E-state index is 0.150. The highest BCUT2D eigenvalue weighted by Crippen LogP contribution is 2.38. The van der Waals surface area contributed by atoms with Gasteiger partial charge in [0.05, 0.1) is 11.5 Å². The number of hydrogen-bond acceptors (Lipinski definition) is 2. The molecule has 3 unspecified atom stereocenters. The molecule has 2 rings (SSSR count). The molecule has 0 radical (unpaired) electrons. The summed E-state index contributed by atoms with van der Waals surface area (Å²) in [7, 11) is 0. The number of alkyl halides is 3. The number of hydrogen-bond donors (Lipinski definition) is 1. The van der Waals surface area contributed by atoms with Gasteiger partial charge in [0.1, 0.15) is 0 Å². The van der Waals surface area contributed by atoms with Crippen LogP contribution in [0, 0.1) is 5.92 Å². The van der Waals surface area contributed by atoms with Gasteiger partial charge in [0.25, 0.3) is 0 Å². The molecule has 1 heterocycles. The van der Waals surface area contributed by atoms with Gasteiger partial charge in [-0.1, -0.05) is 12.8 Å². The van der Waals surface area contributed by atoms with Gasteiger partial charge < -0.3 is 10.1 Å². The lowest BCUT2D eigenvalue weighted by molar-refractivity contribution is -0.190. The van der Waals surface area contributed by atoms with Crippen LogP contribution >= 0.6 is 0 Å². The van der Waals surface area contributed by atoms with Crippen molar-refractivity contribution >= 4 is 0 Å². The van der Waals surface area contributed by atoms with Crippen LogP contribution in [-0.2, 0) is 4.74 Å². The Hall–Kier alpha value is -0.290. The van der Waals surface area contributed by atoms with E-state index in [-0.39, 0.29) is 18.1 Å². The van der Waals surface area contributed by atoms with E-state index >= 15 is 0 Å². The smallest absolute Gasteiger partial charge is 0.375 e. The molecule has 1 aliphatic heterocycles. The van der Waals surface area contributed by atoms with Crippen LogP contribution in [0.5, 0.6) is 0 Å². The second kappa shape index (κ2) is 5.60. The predicted octanol–water partition coefficient (Wildman–Crippen LogP) is 3.65. The molecule has 19 heavy (non-hydrogen) atoms.